The number of nitro benzene ring substituents is 1. The number of benzene rings is 2. The Balaban J connectivity index is 0.00000264. The molecule has 118 valence electrons. The SMILES string of the molecule is Cc1cc(S(=O)(=O)[O-])c2cc([N+](=O)[O-])cc(S(=O)(=O)[O-])c2c1.[Na+].[Na+]. The first-order valence-corrected chi connectivity index (χ1v) is 8.37. The summed E-state index contributed by atoms with van der Waals surface area (Å²) in [6.45, 7) is 1.39. The smallest absolute Gasteiger partial charge is 0.744 e. The standard InChI is InChI=1S/C11H9NO8S2.2Na/c1-6-2-8-9(10(3-6)21(15,16)17)4-7(12(13)14)5-11(8)22(18,19)20;;/h2-5H,1H3,(H,15,16,17)(H,18,19,20);;/q;2*+1/p-2. The average Bonchev–Trinajstić information content (AvgIpc) is 2.33. The Labute approximate surface area is 181 Å². The van der Waals surface area contributed by atoms with Gasteiger partial charge in [0.2, 0.25) is 0 Å². The van der Waals surface area contributed by atoms with Gasteiger partial charge in [-0.05, 0) is 18.6 Å². The van der Waals surface area contributed by atoms with Crippen molar-refractivity contribution in [3.05, 3.63) is 39.9 Å². The number of aryl methyl sites for hydroxylation is 1. The van der Waals surface area contributed by atoms with Crippen LogP contribution in [-0.2, 0) is 20.2 Å². The van der Waals surface area contributed by atoms with Crippen LogP contribution in [0, 0.1) is 17.0 Å². The summed E-state index contributed by atoms with van der Waals surface area (Å²) in [5, 5.41) is 10.00. The van der Waals surface area contributed by atoms with Gasteiger partial charge in [-0.3, -0.25) is 10.1 Å². The molecule has 0 radical (unpaired) electrons. The van der Waals surface area contributed by atoms with Crippen molar-refractivity contribution in [2.24, 2.45) is 0 Å². The van der Waals surface area contributed by atoms with Crippen LogP contribution in [0.15, 0.2) is 34.1 Å². The second kappa shape index (κ2) is 8.08. The molecule has 2 aromatic rings. The van der Waals surface area contributed by atoms with Crippen LogP contribution in [-0.4, -0.2) is 30.9 Å². The topological polar surface area (TPSA) is 158 Å². The summed E-state index contributed by atoms with van der Waals surface area (Å²) in [6.07, 6.45) is 0. The molecular weight excluding hydrogens is 384 g/mol. The van der Waals surface area contributed by atoms with Gasteiger partial charge in [0.25, 0.3) is 5.69 Å². The van der Waals surface area contributed by atoms with E-state index in [0.29, 0.717) is 6.07 Å². The monoisotopic (exact) mass is 391 g/mol. The normalized spacial score (nSPS) is 11.5. The van der Waals surface area contributed by atoms with Gasteiger partial charge in [-0.1, -0.05) is 6.07 Å². The van der Waals surface area contributed by atoms with Crippen LogP contribution in [0.4, 0.5) is 5.69 Å². The van der Waals surface area contributed by atoms with Crippen molar-refractivity contribution in [2.45, 2.75) is 16.7 Å². The number of nitro groups is 1. The molecule has 0 unspecified atom stereocenters. The van der Waals surface area contributed by atoms with E-state index in [2.05, 4.69) is 0 Å². The van der Waals surface area contributed by atoms with E-state index in [1.165, 1.54) is 13.0 Å². The number of nitrogens with zero attached hydrogens (tertiary/aromatic N) is 1. The molecule has 0 amide bonds. The molecule has 0 saturated carbocycles. The Morgan fingerprint density at radius 3 is 1.67 bits per heavy atom. The fourth-order valence-electron chi connectivity index (χ4n) is 2.04. The number of hydrogen-bond acceptors (Lipinski definition) is 8. The Kier molecular flexibility index (Phi) is 8.05. The first kappa shape index (κ1) is 23.9. The molecule has 9 nitrogen and oxygen atoms in total. The fraction of sp³-hybridized carbons (Fsp3) is 0.0909. The third kappa shape index (κ3) is 4.97. The zero-order valence-corrected chi connectivity index (χ0v) is 18.5. The number of rotatable bonds is 3. The number of fused-ring (bicyclic) bond motifs is 1. The maximum Gasteiger partial charge on any atom is 1.00 e. The van der Waals surface area contributed by atoms with Crippen molar-refractivity contribution in [3.8, 4) is 0 Å². The van der Waals surface area contributed by atoms with Crippen molar-refractivity contribution in [1.82, 2.24) is 0 Å². The minimum atomic E-state index is -5.12. The van der Waals surface area contributed by atoms with Gasteiger partial charge >= 0.3 is 59.1 Å². The molecule has 0 aliphatic carbocycles. The minimum absolute atomic E-state index is 0. The Hall–Kier alpha value is -0.0800. The average molecular weight is 391 g/mol. The summed E-state index contributed by atoms with van der Waals surface area (Å²) in [5.41, 5.74) is -0.601. The maximum absolute atomic E-state index is 11.3. The van der Waals surface area contributed by atoms with E-state index in [-0.39, 0.29) is 70.1 Å². The predicted molar refractivity (Wildman–Crippen MR) is 71.3 cm³/mol. The minimum Gasteiger partial charge on any atom is -0.744 e. The predicted octanol–water partition coefficient (Wildman–Crippen LogP) is -5.13. The van der Waals surface area contributed by atoms with Gasteiger partial charge < -0.3 is 9.11 Å². The molecule has 0 aromatic heterocycles. The van der Waals surface area contributed by atoms with Crippen LogP contribution in [0.1, 0.15) is 5.56 Å². The molecule has 0 fully saturated rings. The summed E-state index contributed by atoms with van der Waals surface area (Å²) in [5.74, 6) is 0. The van der Waals surface area contributed by atoms with Gasteiger partial charge in [0.15, 0.2) is 0 Å². The van der Waals surface area contributed by atoms with Crippen molar-refractivity contribution < 1.29 is 90.0 Å². The summed E-state index contributed by atoms with van der Waals surface area (Å²) in [7, 11) is -10.1. The van der Waals surface area contributed by atoms with Gasteiger partial charge in [0.1, 0.15) is 20.2 Å². The van der Waals surface area contributed by atoms with E-state index in [1.807, 2.05) is 0 Å². The van der Waals surface area contributed by atoms with Crippen molar-refractivity contribution in [1.29, 1.82) is 0 Å². The van der Waals surface area contributed by atoms with Gasteiger partial charge in [-0.25, -0.2) is 16.8 Å². The Bertz CT molecular complexity index is 1020. The molecule has 0 saturated heterocycles. The van der Waals surface area contributed by atoms with E-state index < -0.39 is 46.0 Å². The molecule has 13 heteroatoms. The maximum atomic E-state index is 11.3. The van der Waals surface area contributed by atoms with Crippen LogP contribution in [0.5, 0.6) is 0 Å². The number of hydrogen-bond donors (Lipinski definition) is 0. The molecule has 0 heterocycles. The van der Waals surface area contributed by atoms with E-state index in [0.717, 1.165) is 12.1 Å². The van der Waals surface area contributed by atoms with Crippen molar-refractivity contribution >= 4 is 36.7 Å². The Morgan fingerprint density at radius 1 is 0.833 bits per heavy atom. The molecule has 0 aliphatic heterocycles. The van der Waals surface area contributed by atoms with E-state index in [4.69, 9.17) is 0 Å². The summed E-state index contributed by atoms with van der Waals surface area (Å²) < 4.78 is 67.7. The molecular formula is C11H7NNa2O8S2. The zero-order valence-electron chi connectivity index (χ0n) is 12.8. The van der Waals surface area contributed by atoms with Crippen molar-refractivity contribution in [2.75, 3.05) is 0 Å². The fourth-order valence-corrected chi connectivity index (χ4v) is 3.51. The largest absolute Gasteiger partial charge is 1.00 e. The molecule has 2 aromatic carbocycles. The van der Waals surface area contributed by atoms with E-state index in [9.17, 15) is 36.1 Å². The third-order valence-electron chi connectivity index (χ3n) is 2.87. The molecule has 0 aliphatic rings. The summed E-state index contributed by atoms with van der Waals surface area (Å²) in [6, 6.07) is 3.40. The molecule has 0 spiro atoms. The van der Waals surface area contributed by atoms with E-state index in [1.54, 1.807) is 0 Å². The zero-order chi connectivity index (χ0) is 16.9. The van der Waals surface area contributed by atoms with Gasteiger partial charge in [-0.2, -0.15) is 0 Å². The first-order valence-electron chi connectivity index (χ1n) is 5.56. The van der Waals surface area contributed by atoms with Crippen LogP contribution in [0.3, 0.4) is 0 Å². The quantitative estimate of drug-likeness (QED) is 0.217. The van der Waals surface area contributed by atoms with E-state index >= 15 is 0 Å². The molecule has 0 bridgehead atoms. The summed E-state index contributed by atoms with van der Waals surface area (Å²) in [4.78, 5) is 8.07. The second-order valence-electron chi connectivity index (χ2n) is 4.47. The van der Waals surface area contributed by atoms with Crippen LogP contribution >= 0.6 is 0 Å². The molecule has 2 rings (SSSR count). The molecule has 24 heavy (non-hydrogen) atoms. The van der Waals surface area contributed by atoms with Crippen LogP contribution < -0.4 is 59.1 Å². The van der Waals surface area contributed by atoms with Gasteiger partial charge in [0.05, 0.1) is 14.7 Å². The van der Waals surface area contributed by atoms with Crippen molar-refractivity contribution in [3.63, 3.8) is 0 Å². The summed E-state index contributed by atoms with van der Waals surface area (Å²) >= 11 is 0. The Morgan fingerprint density at radius 2 is 1.25 bits per heavy atom. The second-order valence-corrected chi connectivity index (χ2v) is 7.16. The van der Waals surface area contributed by atoms with Gasteiger partial charge in [-0.15, -0.1) is 0 Å². The third-order valence-corrected chi connectivity index (χ3v) is 4.63. The first-order chi connectivity index (χ1) is 9.91. The molecule has 0 atom stereocenters. The van der Waals surface area contributed by atoms with Crippen LogP contribution in [0.2, 0.25) is 0 Å². The van der Waals surface area contributed by atoms with Crippen LogP contribution in [0.25, 0.3) is 10.8 Å². The number of non-ortho nitro benzene ring substituents is 1. The van der Waals surface area contributed by atoms with Gasteiger partial charge in [0, 0.05) is 22.9 Å². The molecule has 0 N–H and O–H groups in total.